The summed E-state index contributed by atoms with van der Waals surface area (Å²) in [5, 5.41) is 24.7. The van der Waals surface area contributed by atoms with Crippen LogP contribution in [0.3, 0.4) is 0 Å². The van der Waals surface area contributed by atoms with Gasteiger partial charge in [0.2, 0.25) is 0 Å². The number of aromatic nitrogens is 2. The fraction of sp³-hybridized carbons (Fsp3) is 0.423. The van der Waals surface area contributed by atoms with Gasteiger partial charge in [0.05, 0.1) is 23.6 Å². The van der Waals surface area contributed by atoms with E-state index < -0.39 is 12.2 Å². The van der Waals surface area contributed by atoms with Crippen molar-refractivity contribution in [2.45, 2.75) is 45.4 Å². The molecule has 0 radical (unpaired) electrons. The third kappa shape index (κ3) is 5.46. The lowest BCUT2D eigenvalue weighted by atomic mass is 9.83. The number of piperidine rings is 1. The summed E-state index contributed by atoms with van der Waals surface area (Å²) in [6, 6.07) is 15.0. The molecule has 6 nitrogen and oxygen atoms in total. The molecule has 1 aliphatic rings. The lowest BCUT2D eigenvalue weighted by molar-refractivity contribution is -0.0702. The van der Waals surface area contributed by atoms with Crippen LogP contribution in [-0.4, -0.2) is 56.8 Å². The largest absolute Gasteiger partial charge is 0.434 e. The Morgan fingerprint density at radius 2 is 1.97 bits per heavy atom. The smallest absolute Gasteiger partial charge is 0.387 e. The average Bonchev–Trinajstić information content (AvgIpc) is 3.22. The average molecular weight is 472 g/mol. The maximum atomic E-state index is 13.3. The van der Waals surface area contributed by atoms with Gasteiger partial charge in [-0.3, -0.25) is 4.90 Å². The van der Waals surface area contributed by atoms with Crippen LogP contribution in [-0.2, 0) is 6.54 Å². The summed E-state index contributed by atoms with van der Waals surface area (Å²) in [6.07, 6.45) is 3.58. The minimum absolute atomic E-state index is 0.0883. The standard InChI is InChI=1S/C26H31F2N3O3/c1-18-14-31(22-8-4-3-5-9-22)29-24(18)19-10-11-20(23(13-19)34-25(27)28)15-30-12-6-7-21(16-30)26(2,33)17-32/h3-5,8-11,13-14,21,25,32-33H,6-7,12,15-17H2,1-2H3/t21-,26+/m0/s1. The molecule has 2 aromatic carbocycles. The van der Waals surface area contributed by atoms with E-state index in [4.69, 9.17) is 4.74 Å². The zero-order chi connectivity index (χ0) is 24.3. The maximum Gasteiger partial charge on any atom is 0.387 e. The van der Waals surface area contributed by atoms with Gasteiger partial charge in [0, 0.05) is 36.3 Å². The van der Waals surface area contributed by atoms with E-state index in [0.29, 0.717) is 29.9 Å². The Labute approximate surface area is 198 Å². The number of nitrogens with zero attached hydrogens (tertiary/aromatic N) is 3. The van der Waals surface area contributed by atoms with E-state index in [1.54, 1.807) is 17.7 Å². The molecule has 0 bridgehead atoms. The molecule has 2 atom stereocenters. The van der Waals surface area contributed by atoms with Crippen molar-refractivity contribution in [1.29, 1.82) is 0 Å². The lowest BCUT2D eigenvalue weighted by Crippen LogP contribution is -2.47. The molecule has 8 heteroatoms. The van der Waals surface area contributed by atoms with Gasteiger partial charge in [0.25, 0.3) is 0 Å². The van der Waals surface area contributed by atoms with Crippen LogP contribution >= 0.6 is 0 Å². The minimum Gasteiger partial charge on any atom is -0.434 e. The summed E-state index contributed by atoms with van der Waals surface area (Å²) in [5.41, 5.74) is 2.71. The number of aryl methyl sites for hydroxylation is 1. The Bertz CT molecular complexity index is 1100. The third-order valence-electron chi connectivity index (χ3n) is 6.57. The Morgan fingerprint density at radius 1 is 1.21 bits per heavy atom. The number of aliphatic hydroxyl groups excluding tert-OH is 1. The first kappa shape index (κ1) is 24.3. The predicted octanol–water partition coefficient (Wildman–Crippen LogP) is 4.40. The fourth-order valence-corrected chi connectivity index (χ4v) is 4.57. The van der Waals surface area contributed by atoms with Gasteiger partial charge in [0.15, 0.2) is 0 Å². The van der Waals surface area contributed by atoms with Crippen LogP contribution in [0.15, 0.2) is 54.7 Å². The molecule has 0 amide bonds. The molecule has 0 spiro atoms. The molecule has 2 N–H and O–H groups in total. The van der Waals surface area contributed by atoms with Crippen molar-refractivity contribution in [3.63, 3.8) is 0 Å². The predicted molar refractivity (Wildman–Crippen MR) is 126 cm³/mol. The number of aliphatic hydroxyl groups is 2. The molecule has 1 aliphatic heterocycles. The summed E-state index contributed by atoms with van der Waals surface area (Å²) < 4.78 is 33.2. The number of benzene rings is 2. The van der Waals surface area contributed by atoms with Crippen molar-refractivity contribution in [1.82, 2.24) is 14.7 Å². The van der Waals surface area contributed by atoms with Gasteiger partial charge >= 0.3 is 6.61 Å². The van der Waals surface area contributed by atoms with Gasteiger partial charge in [-0.2, -0.15) is 13.9 Å². The first-order valence-corrected chi connectivity index (χ1v) is 11.5. The highest BCUT2D eigenvalue weighted by atomic mass is 19.3. The molecular weight excluding hydrogens is 440 g/mol. The fourth-order valence-electron chi connectivity index (χ4n) is 4.57. The van der Waals surface area contributed by atoms with Gasteiger partial charge in [-0.15, -0.1) is 0 Å². The lowest BCUT2D eigenvalue weighted by Gasteiger charge is -2.39. The number of hydrogen-bond donors (Lipinski definition) is 2. The second-order valence-electron chi connectivity index (χ2n) is 9.23. The molecule has 0 saturated carbocycles. The van der Waals surface area contributed by atoms with Crippen molar-refractivity contribution >= 4 is 0 Å². The van der Waals surface area contributed by atoms with Gasteiger partial charge in [-0.05, 0) is 57.0 Å². The quantitative estimate of drug-likeness (QED) is 0.510. The summed E-state index contributed by atoms with van der Waals surface area (Å²) in [4.78, 5) is 2.11. The number of alkyl halides is 2. The highest BCUT2D eigenvalue weighted by Crippen LogP contribution is 2.33. The Morgan fingerprint density at radius 3 is 2.68 bits per heavy atom. The number of rotatable bonds is 8. The normalized spacial score (nSPS) is 18.7. The molecule has 0 aliphatic carbocycles. The molecular formula is C26H31F2N3O3. The van der Waals surface area contributed by atoms with Crippen LogP contribution in [0.5, 0.6) is 5.75 Å². The molecule has 1 saturated heterocycles. The summed E-state index contributed by atoms with van der Waals surface area (Å²) >= 11 is 0. The van der Waals surface area contributed by atoms with Crippen LogP contribution in [0.2, 0.25) is 0 Å². The zero-order valence-corrected chi connectivity index (χ0v) is 19.5. The van der Waals surface area contributed by atoms with Crippen molar-refractivity contribution in [2.24, 2.45) is 5.92 Å². The maximum absolute atomic E-state index is 13.3. The van der Waals surface area contributed by atoms with E-state index >= 15 is 0 Å². The monoisotopic (exact) mass is 471 g/mol. The Hall–Kier alpha value is -2.81. The SMILES string of the molecule is Cc1cn(-c2ccccc2)nc1-c1ccc(CN2CCC[C@H]([C@](C)(O)CO)C2)c(OC(F)F)c1. The van der Waals surface area contributed by atoms with Crippen LogP contribution in [0.25, 0.3) is 16.9 Å². The summed E-state index contributed by atoms with van der Waals surface area (Å²) in [7, 11) is 0. The van der Waals surface area contributed by atoms with E-state index in [1.165, 1.54) is 0 Å². The van der Waals surface area contributed by atoms with Crippen molar-refractivity contribution in [3.05, 3.63) is 65.9 Å². The highest BCUT2D eigenvalue weighted by molar-refractivity contribution is 5.66. The highest BCUT2D eigenvalue weighted by Gasteiger charge is 2.34. The number of para-hydroxylation sites is 1. The molecule has 4 rings (SSSR count). The van der Waals surface area contributed by atoms with Crippen LogP contribution in [0.4, 0.5) is 8.78 Å². The first-order valence-electron chi connectivity index (χ1n) is 11.5. The zero-order valence-electron chi connectivity index (χ0n) is 19.5. The second-order valence-corrected chi connectivity index (χ2v) is 9.23. The van der Waals surface area contributed by atoms with Gasteiger partial charge in [0.1, 0.15) is 5.75 Å². The second kappa shape index (κ2) is 10.2. The van der Waals surface area contributed by atoms with E-state index in [1.807, 2.05) is 55.6 Å². The molecule has 1 aromatic heterocycles. The van der Waals surface area contributed by atoms with E-state index in [9.17, 15) is 19.0 Å². The summed E-state index contributed by atoms with van der Waals surface area (Å²) in [6.45, 7) is 2.09. The van der Waals surface area contributed by atoms with Crippen molar-refractivity contribution in [2.75, 3.05) is 19.7 Å². The number of likely N-dealkylation sites (tertiary alicyclic amines) is 1. The van der Waals surface area contributed by atoms with Crippen LogP contribution < -0.4 is 4.74 Å². The van der Waals surface area contributed by atoms with Crippen LogP contribution in [0, 0.1) is 12.8 Å². The molecule has 1 fully saturated rings. The molecule has 2 heterocycles. The molecule has 3 aromatic rings. The van der Waals surface area contributed by atoms with Gasteiger partial charge < -0.3 is 14.9 Å². The Kier molecular flexibility index (Phi) is 7.30. The Balaban J connectivity index is 1.59. The number of ether oxygens (including phenoxy) is 1. The van der Waals surface area contributed by atoms with E-state index in [-0.39, 0.29) is 18.3 Å². The van der Waals surface area contributed by atoms with E-state index in [2.05, 4.69) is 10.00 Å². The van der Waals surface area contributed by atoms with Crippen molar-refractivity contribution < 1.29 is 23.7 Å². The third-order valence-corrected chi connectivity index (χ3v) is 6.57. The molecule has 0 unspecified atom stereocenters. The first-order chi connectivity index (χ1) is 16.3. The van der Waals surface area contributed by atoms with E-state index in [0.717, 1.165) is 30.6 Å². The molecule has 34 heavy (non-hydrogen) atoms. The summed E-state index contributed by atoms with van der Waals surface area (Å²) in [5.74, 6) is 0.0341. The van der Waals surface area contributed by atoms with Crippen molar-refractivity contribution in [3.8, 4) is 22.7 Å². The van der Waals surface area contributed by atoms with Gasteiger partial charge in [-0.25, -0.2) is 4.68 Å². The molecule has 182 valence electrons. The van der Waals surface area contributed by atoms with Gasteiger partial charge in [-0.1, -0.05) is 30.3 Å². The number of halogens is 2. The van der Waals surface area contributed by atoms with Crippen LogP contribution in [0.1, 0.15) is 30.9 Å². The topological polar surface area (TPSA) is 70.8 Å². The number of hydrogen-bond acceptors (Lipinski definition) is 5. The minimum atomic E-state index is -2.94.